The number of halogens is 2. The molecule has 2 rings (SSSR count). The highest BCUT2D eigenvalue weighted by molar-refractivity contribution is 9.11. The number of hydrogen-bond acceptors (Lipinski definition) is 4. The third-order valence-corrected chi connectivity index (χ3v) is 7.71. The Labute approximate surface area is 138 Å². The molecule has 1 aliphatic heterocycles. The van der Waals surface area contributed by atoms with E-state index in [2.05, 4.69) is 31.9 Å². The van der Waals surface area contributed by atoms with E-state index in [9.17, 15) is 18.3 Å². The molecule has 0 aromatic heterocycles. The van der Waals surface area contributed by atoms with Crippen LogP contribution >= 0.6 is 43.6 Å². The van der Waals surface area contributed by atoms with Gasteiger partial charge in [0.2, 0.25) is 10.0 Å². The molecule has 1 heterocycles. The Morgan fingerprint density at radius 1 is 1.45 bits per heavy atom. The van der Waals surface area contributed by atoms with E-state index in [0.717, 1.165) is 4.31 Å². The summed E-state index contributed by atoms with van der Waals surface area (Å²) in [5.41, 5.74) is 0. The van der Waals surface area contributed by atoms with E-state index < -0.39 is 27.4 Å². The number of carboxylic acids is 1. The highest BCUT2D eigenvalue weighted by Crippen LogP contribution is 2.37. The minimum atomic E-state index is -3.88. The standard InChI is InChI=1S/C11H11Br2NO4S2/c1-6-14(9(5-19-6)11(15)16)20(17,18)10-4-7(12)2-3-8(10)13/h2-4,6,9H,5H2,1H3,(H,15,16). The first-order chi connectivity index (χ1) is 9.25. The Bertz CT molecular complexity index is 650. The lowest BCUT2D eigenvalue weighted by atomic mass is 10.3. The predicted octanol–water partition coefficient (Wildman–Crippen LogP) is 2.75. The summed E-state index contributed by atoms with van der Waals surface area (Å²) in [5, 5.41) is 8.78. The van der Waals surface area contributed by atoms with Crippen molar-refractivity contribution in [2.45, 2.75) is 23.2 Å². The summed E-state index contributed by atoms with van der Waals surface area (Å²) in [4.78, 5) is 11.3. The number of sulfonamides is 1. The summed E-state index contributed by atoms with van der Waals surface area (Å²) in [7, 11) is -3.88. The normalized spacial score (nSPS) is 23.9. The van der Waals surface area contributed by atoms with Crippen LogP contribution in [0.25, 0.3) is 0 Å². The Morgan fingerprint density at radius 3 is 2.70 bits per heavy atom. The van der Waals surface area contributed by atoms with Gasteiger partial charge < -0.3 is 5.11 Å². The van der Waals surface area contributed by atoms with E-state index in [4.69, 9.17) is 0 Å². The molecule has 20 heavy (non-hydrogen) atoms. The largest absolute Gasteiger partial charge is 0.480 e. The van der Waals surface area contributed by atoms with E-state index in [1.165, 1.54) is 17.8 Å². The van der Waals surface area contributed by atoms with Gasteiger partial charge in [-0.15, -0.1) is 11.8 Å². The fraction of sp³-hybridized carbons (Fsp3) is 0.364. The first-order valence-electron chi connectivity index (χ1n) is 5.58. The van der Waals surface area contributed by atoms with Crippen molar-refractivity contribution in [2.75, 3.05) is 5.75 Å². The molecule has 0 bridgehead atoms. The maximum atomic E-state index is 12.7. The smallest absolute Gasteiger partial charge is 0.322 e. The average molecular weight is 445 g/mol. The molecule has 0 amide bonds. The third-order valence-electron chi connectivity index (χ3n) is 2.89. The van der Waals surface area contributed by atoms with Crippen molar-refractivity contribution in [3.8, 4) is 0 Å². The topological polar surface area (TPSA) is 74.7 Å². The van der Waals surface area contributed by atoms with Crippen molar-refractivity contribution in [1.29, 1.82) is 0 Å². The number of rotatable bonds is 3. The molecule has 0 spiro atoms. The molecule has 1 aromatic carbocycles. The van der Waals surface area contributed by atoms with Crippen molar-refractivity contribution in [3.05, 3.63) is 27.1 Å². The summed E-state index contributed by atoms with van der Waals surface area (Å²) < 4.78 is 27.6. The van der Waals surface area contributed by atoms with Gasteiger partial charge in [-0.05, 0) is 41.1 Å². The van der Waals surface area contributed by atoms with Gasteiger partial charge >= 0.3 is 5.97 Å². The molecular formula is C11H11Br2NO4S2. The van der Waals surface area contributed by atoms with Gasteiger partial charge in [-0.2, -0.15) is 4.31 Å². The van der Waals surface area contributed by atoms with E-state index >= 15 is 0 Å². The van der Waals surface area contributed by atoms with Gasteiger partial charge in [0, 0.05) is 14.7 Å². The van der Waals surface area contributed by atoms with Crippen LogP contribution in [-0.4, -0.2) is 41.0 Å². The molecule has 1 aromatic rings. The molecule has 0 saturated carbocycles. The minimum absolute atomic E-state index is 0.0625. The Balaban J connectivity index is 2.53. The first kappa shape index (κ1) is 16.3. The number of carboxylic acid groups (broad SMARTS) is 1. The molecule has 1 N–H and O–H groups in total. The fourth-order valence-corrected chi connectivity index (χ4v) is 6.72. The van der Waals surface area contributed by atoms with Crippen LogP contribution < -0.4 is 0 Å². The summed E-state index contributed by atoms with van der Waals surface area (Å²) in [5.74, 6) is -0.877. The predicted molar refractivity (Wildman–Crippen MR) is 84.2 cm³/mol. The lowest BCUT2D eigenvalue weighted by Gasteiger charge is -2.24. The number of aliphatic carboxylic acids is 1. The molecule has 2 atom stereocenters. The zero-order chi connectivity index (χ0) is 15.1. The van der Waals surface area contributed by atoms with Crippen LogP contribution in [0.3, 0.4) is 0 Å². The maximum Gasteiger partial charge on any atom is 0.322 e. The second-order valence-corrected chi connectivity index (χ2v) is 9.13. The Kier molecular flexibility index (Phi) is 4.85. The molecule has 1 aliphatic rings. The van der Waals surface area contributed by atoms with Gasteiger partial charge in [-0.3, -0.25) is 4.79 Å². The van der Waals surface area contributed by atoms with Crippen LogP contribution in [0, 0.1) is 0 Å². The monoisotopic (exact) mass is 443 g/mol. The van der Waals surface area contributed by atoms with Crippen molar-refractivity contribution in [1.82, 2.24) is 4.31 Å². The summed E-state index contributed by atoms with van der Waals surface area (Å²) in [6.07, 6.45) is 0. The van der Waals surface area contributed by atoms with Gasteiger partial charge in [0.1, 0.15) is 6.04 Å². The minimum Gasteiger partial charge on any atom is -0.480 e. The zero-order valence-corrected chi connectivity index (χ0v) is 15.1. The molecule has 5 nitrogen and oxygen atoms in total. The number of thioether (sulfide) groups is 1. The molecular weight excluding hydrogens is 434 g/mol. The lowest BCUT2D eigenvalue weighted by Crippen LogP contribution is -2.44. The van der Waals surface area contributed by atoms with Crippen LogP contribution in [0.15, 0.2) is 32.0 Å². The highest BCUT2D eigenvalue weighted by Gasteiger charge is 2.45. The molecule has 9 heteroatoms. The van der Waals surface area contributed by atoms with Crippen molar-refractivity contribution >= 4 is 59.6 Å². The molecule has 2 unspecified atom stereocenters. The molecule has 0 aliphatic carbocycles. The summed E-state index contributed by atoms with van der Waals surface area (Å²) >= 11 is 7.75. The lowest BCUT2D eigenvalue weighted by molar-refractivity contribution is -0.140. The second-order valence-electron chi connectivity index (χ2n) is 4.20. The van der Waals surface area contributed by atoms with Gasteiger partial charge in [0.25, 0.3) is 0 Å². The summed E-state index contributed by atoms with van der Waals surface area (Å²) in [6.45, 7) is 1.69. The number of carbonyl (C=O) groups is 1. The number of nitrogens with zero attached hydrogens (tertiary/aromatic N) is 1. The SMILES string of the molecule is CC1SCC(C(=O)O)N1S(=O)(=O)c1cc(Br)ccc1Br. The van der Waals surface area contributed by atoms with Gasteiger partial charge in [0.05, 0.1) is 10.3 Å². The van der Waals surface area contributed by atoms with Gasteiger partial charge in [0.15, 0.2) is 0 Å². The number of hydrogen-bond donors (Lipinski definition) is 1. The first-order valence-corrected chi connectivity index (χ1v) is 9.65. The molecule has 1 fully saturated rings. The Hall–Kier alpha value is -0.0900. The van der Waals surface area contributed by atoms with Crippen LogP contribution in [0.5, 0.6) is 0 Å². The molecule has 0 radical (unpaired) electrons. The van der Waals surface area contributed by atoms with E-state index in [0.29, 0.717) is 8.95 Å². The van der Waals surface area contributed by atoms with Gasteiger partial charge in [-0.25, -0.2) is 8.42 Å². The molecule has 110 valence electrons. The molecule has 1 saturated heterocycles. The van der Waals surface area contributed by atoms with Crippen LogP contribution in [0.2, 0.25) is 0 Å². The maximum absolute atomic E-state index is 12.7. The van der Waals surface area contributed by atoms with Crippen LogP contribution in [-0.2, 0) is 14.8 Å². The Morgan fingerprint density at radius 2 is 2.10 bits per heavy atom. The van der Waals surface area contributed by atoms with Crippen molar-refractivity contribution in [3.63, 3.8) is 0 Å². The van der Waals surface area contributed by atoms with E-state index in [-0.39, 0.29) is 10.6 Å². The van der Waals surface area contributed by atoms with Crippen molar-refractivity contribution in [2.24, 2.45) is 0 Å². The zero-order valence-electron chi connectivity index (χ0n) is 10.3. The number of benzene rings is 1. The highest BCUT2D eigenvalue weighted by atomic mass is 79.9. The van der Waals surface area contributed by atoms with E-state index in [1.54, 1.807) is 19.1 Å². The summed E-state index contributed by atoms with van der Waals surface area (Å²) in [6, 6.07) is 3.75. The van der Waals surface area contributed by atoms with Crippen molar-refractivity contribution < 1.29 is 18.3 Å². The quantitative estimate of drug-likeness (QED) is 0.775. The fourth-order valence-electron chi connectivity index (χ4n) is 1.96. The van der Waals surface area contributed by atoms with E-state index in [1.807, 2.05) is 0 Å². The second kappa shape index (κ2) is 5.96. The van der Waals surface area contributed by atoms with Gasteiger partial charge in [-0.1, -0.05) is 15.9 Å². The average Bonchev–Trinajstić information content (AvgIpc) is 2.75. The van der Waals surface area contributed by atoms with Crippen LogP contribution in [0.1, 0.15) is 6.92 Å². The third kappa shape index (κ3) is 2.92. The van der Waals surface area contributed by atoms with Crippen LogP contribution in [0.4, 0.5) is 0 Å².